The third-order valence-electron chi connectivity index (χ3n) is 3.77. The summed E-state index contributed by atoms with van der Waals surface area (Å²) in [4.78, 5) is 2.33. The normalized spacial score (nSPS) is 25.1. The van der Waals surface area contributed by atoms with Crippen LogP contribution in [-0.4, -0.2) is 25.7 Å². The largest absolute Gasteiger partial charge is 0.368 e. The van der Waals surface area contributed by atoms with Crippen LogP contribution < -0.4 is 10.2 Å². The second-order valence-electron chi connectivity index (χ2n) is 4.98. The maximum atomic E-state index is 13.3. The summed E-state index contributed by atoms with van der Waals surface area (Å²) in [5.74, 6) is -0.145. The molecule has 2 nitrogen and oxygen atoms in total. The molecule has 0 radical (unpaired) electrons. The second-order valence-corrected chi connectivity index (χ2v) is 4.98. The Morgan fingerprint density at radius 3 is 2.82 bits per heavy atom. The lowest BCUT2D eigenvalue weighted by atomic mass is 9.97. The van der Waals surface area contributed by atoms with E-state index in [-0.39, 0.29) is 5.82 Å². The predicted molar refractivity (Wildman–Crippen MR) is 70.0 cm³/mol. The summed E-state index contributed by atoms with van der Waals surface area (Å²) in [5, 5.41) is 3.33. The summed E-state index contributed by atoms with van der Waals surface area (Å²) in [6.07, 6.45) is 2.24. The highest BCUT2D eigenvalue weighted by atomic mass is 19.1. The molecule has 17 heavy (non-hydrogen) atoms. The molecule has 0 aliphatic carbocycles. The van der Waals surface area contributed by atoms with E-state index >= 15 is 0 Å². The Balaban J connectivity index is 2.20. The lowest BCUT2D eigenvalue weighted by Crippen LogP contribution is -2.46. The highest BCUT2D eigenvalue weighted by molar-refractivity contribution is 5.54. The fourth-order valence-electron chi connectivity index (χ4n) is 2.68. The summed E-state index contributed by atoms with van der Waals surface area (Å²) < 4.78 is 13.3. The van der Waals surface area contributed by atoms with Crippen molar-refractivity contribution in [1.29, 1.82) is 0 Å². The van der Waals surface area contributed by atoms with Gasteiger partial charge in [-0.15, -0.1) is 0 Å². The lowest BCUT2D eigenvalue weighted by molar-refractivity contribution is 0.386. The third kappa shape index (κ3) is 2.60. The maximum Gasteiger partial charge on any atom is 0.125 e. The Kier molecular flexibility index (Phi) is 3.67. The van der Waals surface area contributed by atoms with Gasteiger partial charge >= 0.3 is 0 Å². The van der Waals surface area contributed by atoms with Crippen molar-refractivity contribution < 1.29 is 4.39 Å². The van der Waals surface area contributed by atoms with E-state index in [9.17, 15) is 4.39 Å². The van der Waals surface area contributed by atoms with Crippen LogP contribution in [0, 0.1) is 12.7 Å². The molecule has 2 rings (SSSR count). The Hall–Kier alpha value is -1.09. The highest BCUT2D eigenvalue weighted by Gasteiger charge is 2.25. The number of rotatable bonds is 2. The topological polar surface area (TPSA) is 15.3 Å². The standard InChI is InChI=1S/C14H21FN2/c1-10-4-5-12(15)9-14(10)17-7-6-13(16-3)8-11(17)2/h4-5,9,11,13,16H,6-8H2,1-3H3. The first kappa shape index (κ1) is 12.4. The minimum absolute atomic E-state index is 0.145. The molecule has 0 aromatic heterocycles. The van der Waals surface area contributed by atoms with Crippen LogP contribution in [0.25, 0.3) is 0 Å². The predicted octanol–water partition coefficient (Wildman–Crippen LogP) is 2.71. The van der Waals surface area contributed by atoms with E-state index in [2.05, 4.69) is 17.1 Å². The molecule has 0 spiro atoms. The number of nitrogens with one attached hydrogen (secondary N) is 1. The van der Waals surface area contributed by atoms with Crippen LogP contribution in [0.4, 0.5) is 10.1 Å². The van der Waals surface area contributed by atoms with Gasteiger partial charge in [-0.25, -0.2) is 4.39 Å². The minimum Gasteiger partial charge on any atom is -0.368 e. The van der Waals surface area contributed by atoms with Gasteiger partial charge in [-0.2, -0.15) is 0 Å². The maximum absolute atomic E-state index is 13.3. The summed E-state index contributed by atoms with van der Waals surface area (Å²) >= 11 is 0. The average molecular weight is 236 g/mol. The molecule has 1 aliphatic heterocycles. The number of halogens is 1. The lowest BCUT2D eigenvalue weighted by Gasteiger charge is -2.40. The zero-order chi connectivity index (χ0) is 12.4. The van der Waals surface area contributed by atoms with E-state index in [1.165, 1.54) is 6.07 Å². The molecule has 94 valence electrons. The van der Waals surface area contributed by atoms with Gasteiger partial charge in [0.05, 0.1) is 0 Å². The highest BCUT2D eigenvalue weighted by Crippen LogP contribution is 2.28. The summed E-state index contributed by atoms with van der Waals surface area (Å²) in [7, 11) is 2.01. The molecule has 2 unspecified atom stereocenters. The quantitative estimate of drug-likeness (QED) is 0.849. The first-order valence-electron chi connectivity index (χ1n) is 6.32. The molecule has 1 aliphatic rings. The van der Waals surface area contributed by atoms with Gasteiger partial charge in [-0.1, -0.05) is 6.07 Å². The van der Waals surface area contributed by atoms with Crippen molar-refractivity contribution >= 4 is 5.69 Å². The van der Waals surface area contributed by atoms with Gasteiger partial charge in [-0.05, 0) is 51.4 Å². The van der Waals surface area contributed by atoms with Crippen LogP contribution in [0.5, 0.6) is 0 Å². The van der Waals surface area contributed by atoms with E-state index in [1.807, 2.05) is 20.0 Å². The first-order valence-corrected chi connectivity index (χ1v) is 6.32. The third-order valence-corrected chi connectivity index (χ3v) is 3.77. The monoisotopic (exact) mass is 236 g/mol. The smallest absolute Gasteiger partial charge is 0.125 e. The SMILES string of the molecule is CNC1CCN(c2cc(F)ccc2C)C(C)C1. The number of piperidine rings is 1. The minimum atomic E-state index is -0.145. The van der Waals surface area contributed by atoms with E-state index < -0.39 is 0 Å². The average Bonchev–Trinajstić information content (AvgIpc) is 2.32. The molecular weight excluding hydrogens is 215 g/mol. The van der Waals surface area contributed by atoms with Gasteiger partial charge in [0.1, 0.15) is 5.82 Å². The van der Waals surface area contributed by atoms with Gasteiger partial charge in [0.2, 0.25) is 0 Å². The van der Waals surface area contributed by atoms with Gasteiger partial charge < -0.3 is 10.2 Å². The second kappa shape index (κ2) is 5.05. The van der Waals surface area contributed by atoms with E-state index in [4.69, 9.17) is 0 Å². The number of aryl methyl sites for hydroxylation is 1. The van der Waals surface area contributed by atoms with Gasteiger partial charge in [0.15, 0.2) is 0 Å². The van der Waals surface area contributed by atoms with Crippen molar-refractivity contribution in [2.45, 2.75) is 38.8 Å². The van der Waals surface area contributed by atoms with Crippen molar-refractivity contribution in [3.63, 3.8) is 0 Å². The molecule has 1 aromatic carbocycles. The van der Waals surface area contributed by atoms with E-state index in [1.54, 1.807) is 6.07 Å². The summed E-state index contributed by atoms with van der Waals surface area (Å²) in [5.41, 5.74) is 2.20. The molecule has 1 aromatic rings. The molecule has 1 fully saturated rings. The Morgan fingerprint density at radius 1 is 1.41 bits per heavy atom. The Bertz CT molecular complexity index is 392. The fourth-order valence-corrected chi connectivity index (χ4v) is 2.68. The van der Waals surface area contributed by atoms with Crippen LogP contribution in [-0.2, 0) is 0 Å². The van der Waals surface area contributed by atoms with Crippen LogP contribution >= 0.6 is 0 Å². The molecule has 0 saturated carbocycles. The van der Waals surface area contributed by atoms with Gasteiger partial charge in [-0.3, -0.25) is 0 Å². The number of benzene rings is 1. The van der Waals surface area contributed by atoms with Crippen LogP contribution in [0.1, 0.15) is 25.3 Å². The molecule has 3 heteroatoms. The molecule has 0 bridgehead atoms. The Morgan fingerprint density at radius 2 is 2.18 bits per heavy atom. The van der Waals surface area contributed by atoms with Crippen molar-refractivity contribution in [2.75, 3.05) is 18.5 Å². The summed E-state index contributed by atoms with van der Waals surface area (Å²) in [6, 6.07) is 6.11. The molecule has 0 amide bonds. The van der Waals surface area contributed by atoms with Crippen LogP contribution in [0.15, 0.2) is 18.2 Å². The molecule has 1 N–H and O–H groups in total. The number of anilines is 1. The van der Waals surface area contributed by atoms with E-state index in [0.717, 1.165) is 30.6 Å². The van der Waals surface area contributed by atoms with E-state index in [0.29, 0.717) is 12.1 Å². The van der Waals surface area contributed by atoms with Crippen LogP contribution in [0.2, 0.25) is 0 Å². The first-order chi connectivity index (χ1) is 8.11. The Labute approximate surface area is 103 Å². The number of nitrogens with zero attached hydrogens (tertiary/aromatic N) is 1. The summed E-state index contributed by atoms with van der Waals surface area (Å²) in [6.45, 7) is 5.26. The molecule has 1 saturated heterocycles. The zero-order valence-corrected chi connectivity index (χ0v) is 10.8. The fraction of sp³-hybridized carbons (Fsp3) is 0.571. The molecular formula is C14H21FN2. The van der Waals surface area contributed by atoms with Crippen LogP contribution in [0.3, 0.4) is 0 Å². The van der Waals surface area contributed by atoms with Crippen molar-refractivity contribution in [2.24, 2.45) is 0 Å². The number of hydrogen-bond donors (Lipinski definition) is 1. The number of hydrogen-bond acceptors (Lipinski definition) is 2. The molecule has 2 atom stereocenters. The van der Waals surface area contributed by atoms with Crippen molar-refractivity contribution in [3.05, 3.63) is 29.6 Å². The zero-order valence-electron chi connectivity index (χ0n) is 10.8. The van der Waals surface area contributed by atoms with Gasteiger partial charge in [0, 0.05) is 24.3 Å². The van der Waals surface area contributed by atoms with Crippen molar-refractivity contribution in [3.8, 4) is 0 Å². The van der Waals surface area contributed by atoms with Crippen molar-refractivity contribution in [1.82, 2.24) is 5.32 Å². The van der Waals surface area contributed by atoms with Gasteiger partial charge in [0.25, 0.3) is 0 Å². The molecule has 1 heterocycles.